The molecule has 1 aliphatic carbocycles. The number of rotatable bonds is 2. The number of hydrogen-bond acceptors (Lipinski definition) is 3. The average molecular weight is 252 g/mol. The number of sulfone groups is 1. The highest BCUT2D eigenvalue weighted by Gasteiger charge is 2.29. The normalized spacial score (nSPS) is 25.4. The first-order valence-electron chi connectivity index (χ1n) is 5.71. The molecule has 0 fully saturated rings. The molecule has 0 saturated carbocycles. The second-order valence-corrected chi connectivity index (χ2v) is 6.38. The second-order valence-electron chi connectivity index (χ2n) is 4.43. The quantitative estimate of drug-likeness (QED) is 0.877. The zero-order valence-corrected chi connectivity index (χ0v) is 10.5. The summed E-state index contributed by atoms with van der Waals surface area (Å²) >= 11 is 0. The van der Waals surface area contributed by atoms with Gasteiger partial charge < -0.3 is 5.11 Å². The fraction of sp³-hybridized carbons (Fsp3) is 0.385. The van der Waals surface area contributed by atoms with Gasteiger partial charge in [0.1, 0.15) is 0 Å². The summed E-state index contributed by atoms with van der Waals surface area (Å²) in [7, 11) is -3.44. The van der Waals surface area contributed by atoms with Crippen LogP contribution in [-0.2, 0) is 9.84 Å². The maximum Gasteiger partial charge on any atom is 0.202 e. The Labute approximate surface area is 102 Å². The minimum absolute atomic E-state index is 0.0244. The van der Waals surface area contributed by atoms with E-state index in [1.54, 1.807) is 30.3 Å². The summed E-state index contributed by atoms with van der Waals surface area (Å²) in [5.74, 6) is -0.0244. The Morgan fingerprint density at radius 1 is 1.18 bits per heavy atom. The van der Waals surface area contributed by atoms with Crippen molar-refractivity contribution in [3.63, 3.8) is 0 Å². The van der Waals surface area contributed by atoms with Gasteiger partial charge in [0.15, 0.2) is 0 Å². The summed E-state index contributed by atoms with van der Waals surface area (Å²) in [6.07, 6.45) is 2.18. The topological polar surface area (TPSA) is 54.4 Å². The van der Waals surface area contributed by atoms with Gasteiger partial charge in [0.05, 0.1) is 15.9 Å². The molecule has 1 aliphatic rings. The average Bonchev–Trinajstić information content (AvgIpc) is 2.33. The van der Waals surface area contributed by atoms with Crippen molar-refractivity contribution >= 4 is 9.84 Å². The molecule has 0 aromatic heterocycles. The Kier molecular flexibility index (Phi) is 3.35. The standard InChI is InChI=1S/C13H16O3S/c1-10-7-8-11(14)9-13(10)17(15,16)12-5-3-2-4-6-12/h2-6,9-11,14H,7-8H2,1H3/t10-,11-/m1/s1. The van der Waals surface area contributed by atoms with Crippen molar-refractivity contribution in [3.8, 4) is 0 Å². The number of hydrogen-bond donors (Lipinski definition) is 1. The van der Waals surface area contributed by atoms with Crippen molar-refractivity contribution in [2.24, 2.45) is 5.92 Å². The molecule has 3 nitrogen and oxygen atoms in total. The first-order chi connectivity index (χ1) is 8.01. The van der Waals surface area contributed by atoms with Crippen LogP contribution < -0.4 is 0 Å². The van der Waals surface area contributed by atoms with Gasteiger partial charge in [0.2, 0.25) is 9.84 Å². The molecule has 1 aromatic carbocycles. The zero-order chi connectivity index (χ0) is 12.5. The van der Waals surface area contributed by atoms with Gasteiger partial charge in [-0.1, -0.05) is 25.1 Å². The lowest BCUT2D eigenvalue weighted by Crippen LogP contribution is -2.21. The second kappa shape index (κ2) is 4.63. The minimum atomic E-state index is -3.44. The first kappa shape index (κ1) is 12.3. The van der Waals surface area contributed by atoms with Crippen LogP contribution in [0.2, 0.25) is 0 Å². The third-order valence-corrected chi connectivity index (χ3v) is 5.15. The molecule has 0 bridgehead atoms. The van der Waals surface area contributed by atoms with Crippen molar-refractivity contribution in [3.05, 3.63) is 41.3 Å². The molecule has 0 radical (unpaired) electrons. The van der Waals surface area contributed by atoms with Gasteiger partial charge in [-0.05, 0) is 37.0 Å². The maximum atomic E-state index is 12.4. The highest BCUT2D eigenvalue weighted by Crippen LogP contribution is 2.32. The molecule has 0 unspecified atom stereocenters. The van der Waals surface area contributed by atoms with Crippen LogP contribution in [0.25, 0.3) is 0 Å². The monoisotopic (exact) mass is 252 g/mol. The Bertz CT molecular complexity index is 517. The van der Waals surface area contributed by atoms with E-state index in [9.17, 15) is 13.5 Å². The van der Waals surface area contributed by atoms with E-state index in [1.165, 1.54) is 6.08 Å². The lowest BCUT2D eigenvalue weighted by molar-refractivity contribution is 0.195. The summed E-state index contributed by atoms with van der Waals surface area (Å²) in [4.78, 5) is 0.648. The molecule has 1 aromatic rings. The number of allylic oxidation sites excluding steroid dienone is 1. The molecule has 0 amide bonds. The molecule has 1 N–H and O–H groups in total. The summed E-state index contributed by atoms with van der Waals surface area (Å²) in [6.45, 7) is 1.89. The van der Waals surface area contributed by atoms with E-state index in [4.69, 9.17) is 0 Å². The number of aliphatic hydroxyl groups is 1. The van der Waals surface area contributed by atoms with Gasteiger partial charge >= 0.3 is 0 Å². The molecule has 0 spiro atoms. The SMILES string of the molecule is C[C@@H]1CC[C@@H](O)C=C1S(=O)(=O)c1ccccc1. The highest BCUT2D eigenvalue weighted by molar-refractivity contribution is 7.95. The largest absolute Gasteiger partial charge is 0.389 e. The first-order valence-corrected chi connectivity index (χ1v) is 7.20. The van der Waals surface area contributed by atoms with Gasteiger partial charge in [0, 0.05) is 0 Å². The van der Waals surface area contributed by atoms with Crippen LogP contribution in [0.3, 0.4) is 0 Å². The van der Waals surface area contributed by atoms with Crippen molar-refractivity contribution < 1.29 is 13.5 Å². The smallest absolute Gasteiger partial charge is 0.202 e. The van der Waals surface area contributed by atoms with Crippen LogP contribution in [0.1, 0.15) is 19.8 Å². The van der Waals surface area contributed by atoms with Crippen molar-refractivity contribution in [1.29, 1.82) is 0 Å². The van der Waals surface area contributed by atoms with Gasteiger partial charge in [0.25, 0.3) is 0 Å². The van der Waals surface area contributed by atoms with Crippen LogP contribution in [0, 0.1) is 5.92 Å². The van der Waals surface area contributed by atoms with Crippen LogP contribution in [0.4, 0.5) is 0 Å². The van der Waals surface area contributed by atoms with Gasteiger partial charge in [-0.2, -0.15) is 0 Å². The summed E-state index contributed by atoms with van der Waals surface area (Å²) in [5, 5.41) is 9.57. The third-order valence-electron chi connectivity index (χ3n) is 3.10. The van der Waals surface area contributed by atoms with E-state index < -0.39 is 15.9 Å². The molecule has 4 heteroatoms. The van der Waals surface area contributed by atoms with E-state index in [0.717, 1.165) is 0 Å². The number of benzene rings is 1. The van der Waals surface area contributed by atoms with Crippen LogP contribution >= 0.6 is 0 Å². The molecular formula is C13H16O3S. The Balaban J connectivity index is 2.46. The molecule has 0 aliphatic heterocycles. The minimum Gasteiger partial charge on any atom is -0.389 e. The predicted octanol–water partition coefficient (Wildman–Crippen LogP) is 2.13. The molecule has 0 heterocycles. The van der Waals surface area contributed by atoms with Gasteiger partial charge in [-0.15, -0.1) is 0 Å². The molecule has 2 atom stereocenters. The summed E-state index contributed by atoms with van der Waals surface area (Å²) in [6, 6.07) is 8.37. The van der Waals surface area contributed by atoms with Gasteiger partial charge in [-0.3, -0.25) is 0 Å². The Morgan fingerprint density at radius 3 is 2.47 bits per heavy atom. The van der Waals surface area contributed by atoms with Crippen LogP contribution in [0.15, 0.2) is 46.2 Å². The van der Waals surface area contributed by atoms with Crippen LogP contribution in [-0.4, -0.2) is 19.6 Å². The molecule has 92 valence electrons. The molecule has 0 saturated heterocycles. The molecule has 2 rings (SSSR count). The summed E-state index contributed by atoms with van der Waals surface area (Å²) in [5.41, 5.74) is 0. The van der Waals surface area contributed by atoms with Crippen LogP contribution in [0.5, 0.6) is 0 Å². The highest BCUT2D eigenvalue weighted by atomic mass is 32.2. The molecular weight excluding hydrogens is 236 g/mol. The van der Waals surface area contributed by atoms with E-state index in [2.05, 4.69) is 0 Å². The lowest BCUT2D eigenvalue weighted by Gasteiger charge is -2.23. The van der Waals surface area contributed by atoms with Crippen molar-refractivity contribution in [2.45, 2.75) is 30.8 Å². The van der Waals surface area contributed by atoms with E-state index in [1.807, 2.05) is 6.92 Å². The predicted molar refractivity (Wildman–Crippen MR) is 66.1 cm³/mol. The maximum absolute atomic E-state index is 12.4. The van der Waals surface area contributed by atoms with E-state index >= 15 is 0 Å². The Morgan fingerprint density at radius 2 is 1.82 bits per heavy atom. The Hall–Kier alpha value is -1.13. The molecule has 17 heavy (non-hydrogen) atoms. The summed E-state index contributed by atoms with van der Waals surface area (Å²) < 4.78 is 24.7. The fourth-order valence-electron chi connectivity index (χ4n) is 2.09. The van der Waals surface area contributed by atoms with E-state index in [-0.39, 0.29) is 5.92 Å². The third kappa shape index (κ3) is 2.42. The number of aliphatic hydroxyl groups excluding tert-OH is 1. The van der Waals surface area contributed by atoms with Gasteiger partial charge in [-0.25, -0.2) is 8.42 Å². The fourth-order valence-corrected chi connectivity index (χ4v) is 3.86. The lowest BCUT2D eigenvalue weighted by atomic mass is 9.96. The zero-order valence-electron chi connectivity index (χ0n) is 9.70. The van der Waals surface area contributed by atoms with Crippen molar-refractivity contribution in [1.82, 2.24) is 0 Å². The van der Waals surface area contributed by atoms with E-state index in [0.29, 0.717) is 22.6 Å². The van der Waals surface area contributed by atoms with Crippen molar-refractivity contribution in [2.75, 3.05) is 0 Å².